The maximum Gasteiger partial charge on any atom is 0.306 e. The average molecular weight is 1150 g/mol. The first-order valence-electron chi connectivity index (χ1n) is 33.9. The van der Waals surface area contributed by atoms with E-state index >= 15 is 0 Å². The number of allylic oxidation sites excluding steroid dienone is 13. The van der Waals surface area contributed by atoms with Crippen LogP contribution in [0.4, 0.5) is 0 Å². The van der Waals surface area contributed by atoms with Crippen LogP contribution in [0.5, 0.6) is 0 Å². The van der Waals surface area contributed by atoms with E-state index in [9.17, 15) is 35.1 Å². The van der Waals surface area contributed by atoms with Crippen LogP contribution in [-0.2, 0) is 23.8 Å². The van der Waals surface area contributed by atoms with Crippen LogP contribution in [0.25, 0.3) is 0 Å². The van der Waals surface area contributed by atoms with E-state index in [1.165, 1.54) is 180 Å². The van der Waals surface area contributed by atoms with Crippen LogP contribution in [0, 0.1) is 0 Å². The van der Waals surface area contributed by atoms with Gasteiger partial charge in [-0.15, -0.1) is 0 Å². The van der Waals surface area contributed by atoms with E-state index in [0.717, 1.165) is 64.2 Å². The Kier molecular flexibility index (Phi) is 54.6. The van der Waals surface area contributed by atoms with Crippen LogP contribution in [0.2, 0.25) is 0 Å². The minimum Gasteiger partial charge on any atom is -0.454 e. The SMILES string of the molecule is CC/C=C/C=C/C=C\C=C/C=C/CCCCCC(=O)OC1C(OCC(NC(=O)C(O)CCCCCCCCCCCCCCCCCC/C=C/CCCCCCCC)C(O)/C=C/CCCCCCCCCCCC)OC(CO)C(O)C1O. The van der Waals surface area contributed by atoms with Crippen molar-refractivity contribution in [2.24, 2.45) is 0 Å². The largest absolute Gasteiger partial charge is 0.454 e. The Hall–Kier alpha value is -3.16. The zero-order valence-corrected chi connectivity index (χ0v) is 52.6. The Labute approximate surface area is 502 Å². The third kappa shape index (κ3) is 45.2. The summed E-state index contributed by atoms with van der Waals surface area (Å²) in [5.74, 6) is -1.24. The second-order valence-corrected chi connectivity index (χ2v) is 23.3. The van der Waals surface area contributed by atoms with Crippen LogP contribution in [0.15, 0.2) is 85.1 Å². The number of esters is 1. The second kappa shape index (κ2) is 58.2. The van der Waals surface area contributed by atoms with Gasteiger partial charge in [0.25, 0.3) is 0 Å². The molecule has 1 amide bonds. The summed E-state index contributed by atoms with van der Waals surface area (Å²) in [6.45, 7) is 5.63. The van der Waals surface area contributed by atoms with Crippen molar-refractivity contribution >= 4 is 11.9 Å². The minimum atomic E-state index is -1.63. The van der Waals surface area contributed by atoms with E-state index in [4.69, 9.17) is 14.2 Å². The first-order chi connectivity index (χ1) is 40.2. The van der Waals surface area contributed by atoms with Crippen molar-refractivity contribution in [2.45, 2.75) is 339 Å². The summed E-state index contributed by atoms with van der Waals surface area (Å²) in [7, 11) is 0. The molecule has 6 N–H and O–H groups in total. The number of ether oxygens (including phenoxy) is 3. The topological polar surface area (TPSA) is 175 Å². The Morgan fingerprint density at radius 2 is 0.890 bits per heavy atom. The van der Waals surface area contributed by atoms with Crippen molar-refractivity contribution in [3.63, 3.8) is 0 Å². The fraction of sp³-hybridized carbons (Fsp3) is 0.775. The third-order valence-corrected chi connectivity index (χ3v) is 15.7. The summed E-state index contributed by atoms with van der Waals surface area (Å²) in [5, 5.41) is 57.1. The molecule has 0 aliphatic carbocycles. The molecule has 0 aromatic rings. The summed E-state index contributed by atoms with van der Waals surface area (Å²) in [6, 6.07) is -1.04. The Bertz CT molecular complexity index is 1660. The van der Waals surface area contributed by atoms with Crippen LogP contribution >= 0.6 is 0 Å². The first-order valence-corrected chi connectivity index (χ1v) is 33.9. The number of unbranched alkanes of at least 4 members (excludes halogenated alkanes) is 35. The van der Waals surface area contributed by atoms with Crippen molar-refractivity contribution < 1.29 is 49.3 Å². The number of nitrogens with one attached hydrogen (secondary N) is 1. The number of rotatable bonds is 57. The van der Waals surface area contributed by atoms with Crippen molar-refractivity contribution in [2.75, 3.05) is 13.2 Å². The van der Waals surface area contributed by atoms with E-state index in [1.54, 1.807) is 6.08 Å². The molecule has 0 bridgehead atoms. The monoisotopic (exact) mass is 1150 g/mol. The molecule has 0 spiro atoms. The van der Waals surface area contributed by atoms with E-state index < -0.39 is 67.4 Å². The maximum absolute atomic E-state index is 13.5. The Morgan fingerprint density at radius 1 is 0.488 bits per heavy atom. The summed E-state index contributed by atoms with van der Waals surface area (Å²) >= 11 is 0. The van der Waals surface area contributed by atoms with E-state index in [0.29, 0.717) is 12.8 Å². The number of amides is 1. The highest BCUT2D eigenvalue weighted by atomic mass is 16.7. The average Bonchev–Trinajstić information content (AvgIpc) is 3.44. The van der Waals surface area contributed by atoms with Crippen LogP contribution in [0.3, 0.4) is 0 Å². The molecule has 0 aromatic carbocycles. The zero-order valence-electron chi connectivity index (χ0n) is 52.6. The summed E-state index contributed by atoms with van der Waals surface area (Å²) in [5.41, 5.74) is 0. The molecule has 1 rings (SSSR count). The molecular weight excluding hydrogens is 1030 g/mol. The van der Waals surface area contributed by atoms with Gasteiger partial charge in [-0.25, -0.2) is 0 Å². The van der Waals surface area contributed by atoms with Gasteiger partial charge in [-0.1, -0.05) is 298 Å². The normalized spacial score (nSPS) is 19.1. The number of carbonyl (C=O) groups excluding carboxylic acids is 2. The van der Waals surface area contributed by atoms with E-state index in [-0.39, 0.29) is 19.4 Å². The first kappa shape index (κ1) is 76.9. The van der Waals surface area contributed by atoms with Gasteiger partial charge < -0.3 is 45.1 Å². The van der Waals surface area contributed by atoms with Gasteiger partial charge in [-0.3, -0.25) is 9.59 Å². The predicted molar refractivity (Wildman–Crippen MR) is 342 cm³/mol. The second-order valence-electron chi connectivity index (χ2n) is 23.3. The van der Waals surface area contributed by atoms with Crippen molar-refractivity contribution in [3.05, 3.63) is 85.1 Å². The van der Waals surface area contributed by atoms with Gasteiger partial charge in [-0.05, 0) is 70.6 Å². The molecule has 1 saturated heterocycles. The van der Waals surface area contributed by atoms with Gasteiger partial charge in [0.15, 0.2) is 12.4 Å². The lowest BCUT2D eigenvalue weighted by molar-refractivity contribution is -0.305. The number of aliphatic hydroxyl groups is 5. The van der Waals surface area contributed by atoms with Crippen LogP contribution < -0.4 is 5.32 Å². The number of hydrogen-bond donors (Lipinski definition) is 6. The Morgan fingerprint density at radius 3 is 1.35 bits per heavy atom. The molecule has 82 heavy (non-hydrogen) atoms. The number of carbonyl (C=O) groups is 2. The minimum absolute atomic E-state index is 0.0720. The van der Waals surface area contributed by atoms with Gasteiger partial charge >= 0.3 is 5.97 Å². The zero-order chi connectivity index (χ0) is 59.6. The highest BCUT2D eigenvalue weighted by molar-refractivity contribution is 5.80. The fourth-order valence-electron chi connectivity index (χ4n) is 10.3. The predicted octanol–water partition coefficient (Wildman–Crippen LogP) is 16.9. The highest BCUT2D eigenvalue weighted by Gasteiger charge is 2.47. The Balaban J connectivity index is 2.58. The van der Waals surface area contributed by atoms with Gasteiger partial charge in [0.2, 0.25) is 5.91 Å². The van der Waals surface area contributed by atoms with Crippen molar-refractivity contribution in [1.82, 2.24) is 5.32 Å². The molecule has 1 aliphatic rings. The van der Waals surface area contributed by atoms with Gasteiger partial charge in [0.05, 0.1) is 25.4 Å². The van der Waals surface area contributed by atoms with Gasteiger partial charge in [0, 0.05) is 6.42 Å². The lowest BCUT2D eigenvalue weighted by Gasteiger charge is -2.41. The molecule has 1 fully saturated rings. The molecule has 0 aromatic heterocycles. The van der Waals surface area contributed by atoms with Gasteiger partial charge in [-0.2, -0.15) is 0 Å². The quantitative estimate of drug-likeness (QED) is 0.0149. The lowest BCUT2D eigenvalue weighted by atomic mass is 9.99. The smallest absolute Gasteiger partial charge is 0.306 e. The molecule has 0 radical (unpaired) electrons. The number of aliphatic hydroxyl groups excluding tert-OH is 5. The number of hydrogen-bond acceptors (Lipinski definition) is 10. The molecule has 8 atom stereocenters. The molecular formula is C71H125NO10. The molecule has 1 aliphatic heterocycles. The molecule has 1 heterocycles. The van der Waals surface area contributed by atoms with Gasteiger partial charge in [0.1, 0.15) is 24.4 Å². The molecule has 11 nitrogen and oxygen atoms in total. The van der Waals surface area contributed by atoms with Crippen LogP contribution in [-0.4, -0.2) is 99.6 Å². The maximum atomic E-state index is 13.5. The van der Waals surface area contributed by atoms with Crippen LogP contribution in [0.1, 0.15) is 290 Å². The summed E-state index contributed by atoms with van der Waals surface area (Å²) in [6.07, 6.45) is 66.4. The standard InChI is InChI=1S/C71H125NO10/c1-4-7-10-13-16-19-22-25-27-28-29-30-31-32-33-34-35-36-37-39-40-43-46-49-52-55-58-64(75)70(79)72-62(63(74)57-54-51-48-45-42-24-21-18-15-12-9-6-3)61-80-71-69(68(78)67(77)65(60-73)81-71)82-66(76)59-56-53-50-47-44-41-38-26-23-20-17-14-11-8-5-2/h8,11,14,17,20,23,25-27,38,41,44,54,57,62-65,67-69,71,73-75,77-78H,4-7,9-10,12-13,15-16,18-19,21-22,24,28-37,39-40,42-43,45-53,55-56,58-61H2,1-3H3,(H,72,79)/b11-8+,17-14+,23-20-,27-25+,38-26-,44-41+,57-54+. The highest BCUT2D eigenvalue weighted by Crippen LogP contribution is 2.26. The lowest BCUT2D eigenvalue weighted by Crippen LogP contribution is -2.61. The molecule has 474 valence electrons. The van der Waals surface area contributed by atoms with E-state index in [1.807, 2.05) is 54.7 Å². The fourth-order valence-corrected chi connectivity index (χ4v) is 10.3. The summed E-state index contributed by atoms with van der Waals surface area (Å²) in [4.78, 5) is 26.6. The molecule has 11 heteroatoms. The van der Waals surface area contributed by atoms with E-state index in [2.05, 4.69) is 50.4 Å². The van der Waals surface area contributed by atoms with Crippen molar-refractivity contribution in [1.29, 1.82) is 0 Å². The third-order valence-electron chi connectivity index (χ3n) is 15.7. The summed E-state index contributed by atoms with van der Waals surface area (Å²) < 4.78 is 17.6. The van der Waals surface area contributed by atoms with Crippen molar-refractivity contribution in [3.8, 4) is 0 Å². The molecule has 8 unspecified atom stereocenters. The molecule has 0 saturated carbocycles.